The number of primary sulfonamides is 2. The van der Waals surface area contributed by atoms with Gasteiger partial charge in [0.05, 0.1) is 93.9 Å². The molecule has 0 aliphatic carbocycles. The molecule has 4 heterocycles. The Hall–Kier alpha value is -11.1. The molecular formula is C70H76N16O12S4. The summed E-state index contributed by atoms with van der Waals surface area (Å²) in [6.07, 6.45) is 3.01. The molecule has 0 aliphatic rings. The average Bonchev–Trinajstić information content (AvgIpc) is 0.801. The molecule has 2 unspecified atom stereocenters. The molecule has 2 atom stereocenters. The molecule has 0 saturated heterocycles. The number of benzene rings is 8. The third kappa shape index (κ3) is 19.7. The molecule has 0 bridgehead atoms. The van der Waals surface area contributed by atoms with Crippen molar-refractivity contribution in [1.82, 2.24) is 39.9 Å². The minimum absolute atomic E-state index is 0.0754. The first kappa shape index (κ1) is 75.1. The van der Waals surface area contributed by atoms with Crippen LogP contribution in [-0.4, -0.2) is 120 Å². The van der Waals surface area contributed by atoms with E-state index in [9.17, 15) is 25.3 Å². The van der Waals surface area contributed by atoms with Crippen molar-refractivity contribution in [1.29, 1.82) is 0 Å². The molecule has 0 radical (unpaired) electrons. The van der Waals surface area contributed by atoms with E-state index in [4.69, 9.17) is 49.0 Å². The van der Waals surface area contributed by atoms with Gasteiger partial charge < -0.3 is 49.7 Å². The molecule has 12 aromatic rings. The van der Waals surface area contributed by atoms with Crippen LogP contribution in [0, 0.1) is 13.8 Å². The molecule has 0 fully saturated rings. The lowest BCUT2D eigenvalue weighted by Crippen LogP contribution is -2.12. The van der Waals surface area contributed by atoms with E-state index in [1.165, 1.54) is 36.9 Å². The zero-order valence-corrected chi connectivity index (χ0v) is 60.1. The van der Waals surface area contributed by atoms with E-state index in [1.807, 2.05) is 92.7 Å². The van der Waals surface area contributed by atoms with Gasteiger partial charge >= 0.3 is 0 Å². The molecule has 532 valence electrons. The van der Waals surface area contributed by atoms with Gasteiger partial charge in [0.1, 0.15) is 59.1 Å². The summed E-state index contributed by atoms with van der Waals surface area (Å²) in [6, 6.07) is 45.6. The molecule has 102 heavy (non-hydrogen) atoms. The Balaban J connectivity index is 0.000000158. The maximum atomic E-state index is 11.8. The highest BCUT2D eigenvalue weighted by Crippen LogP contribution is 2.36. The first-order chi connectivity index (χ1) is 48.6. The molecule has 0 spiro atoms. The SMILES string of the molecule is C=S(N)(=O)c1ccc(CNc2ncnc3cc(OC)c(OC)cc23)cc1.C=S(N)(=O)c1ccc(CNc2ncnc3cc(OC)ccc23)cc1.COc1cc2nc(C)nc(NCc3ccc(S(N)(=O)=O)cc3)c2cc1OC.COc1ccc2c(NCc3ccc(S(N)(=O)=O)cc3)nc(C)nc2c1. The van der Waals surface area contributed by atoms with Crippen LogP contribution >= 0.6 is 0 Å². The second-order valence-electron chi connectivity index (χ2n) is 22.4. The van der Waals surface area contributed by atoms with Crippen LogP contribution in [0.1, 0.15) is 33.9 Å². The van der Waals surface area contributed by atoms with Crippen molar-refractivity contribution in [2.75, 3.05) is 63.9 Å². The number of nitrogens with zero attached hydrogens (tertiary/aromatic N) is 8. The average molecular weight is 1460 g/mol. The van der Waals surface area contributed by atoms with E-state index in [0.717, 1.165) is 83.2 Å². The number of hydrogen-bond donors (Lipinski definition) is 8. The molecule has 0 saturated carbocycles. The number of sulfonamides is 2. The number of aromatic nitrogens is 8. The first-order valence-electron chi connectivity index (χ1n) is 30.6. The summed E-state index contributed by atoms with van der Waals surface area (Å²) < 4.78 is 101. The maximum Gasteiger partial charge on any atom is 0.238 e. The number of anilines is 4. The van der Waals surface area contributed by atoms with Crippen LogP contribution in [0.5, 0.6) is 34.5 Å². The van der Waals surface area contributed by atoms with Gasteiger partial charge in [-0.25, -0.2) is 75.4 Å². The van der Waals surface area contributed by atoms with Gasteiger partial charge in [0.2, 0.25) is 20.0 Å². The second kappa shape index (κ2) is 32.9. The Morgan fingerprint density at radius 2 is 0.627 bits per heavy atom. The number of rotatable bonds is 22. The van der Waals surface area contributed by atoms with Gasteiger partial charge in [0.25, 0.3) is 0 Å². The smallest absolute Gasteiger partial charge is 0.238 e. The second-order valence-corrected chi connectivity index (χ2v) is 29.4. The summed E-state index contributed by atoms with van der Waals surface area (Å²) in [4.78, 5) is 36.2. The van der Waals surface area contributed by atoms with Crippen molar-refractivity contribution in [3.63, 3.8) is 0 Å². The lowest BCUT2D eigenvalue weighted by atomic mass is 10.2. The first-order valence-corrected chi connectivity index (χ1v) is 37.3. The number of aryl methyl sites for hydroxylation is 2. The molecule has 12 rings (SSSR count). The van der Waals surface area contributed by atoms with E-state index < -0.39 is 39.5 Å². The molecule has 32 heteroatoms. The fourth-order valence-corrected chi connectivity index (χ4v) is 12.3. The monoisotopic (exact) mass is 1460 g/mol. The number of fused-ring (bicyclic) bond motifs is 4. The summed E-state index contributed by atoms with van der Waals surface area (Å²) in [7, 11) is -3.22. The quantitative estimate of drug-likeness (QED) is 0.0294. The number of nitrogens with two attached hydrogens (primary N) is 4. The largest absolute Gasteiger partial charge is 0.497 e. The number of hydrogen-bond acceptors (Lipinski definition) is 24. The Kier molecular flexibility index (Phi) is 24.2. The van der Waals surface area contributed by atoms with E-state index in [1.54, 1.807) is 97.3 Å². The Morgan fingerprint density at radius 3 is 0.990 bits per heavy atom. The minimum Gasteiger partial charge on any atom is -0.497 e. The minimum atomic E-state index is -3.70. The third-order valence-electron chi connectivity index (χ3n) is 15.3. The van der Waals surface area contributed by atoms with E-state index in [0.29, 0.717) is 88.1 Å². The molecule has 12 N–H and O–H groups in total. The molecule has 8 aromatic carbocycles. The topological polar surface area (TPSA) is 413 Å². The van der Waals surface area contributed by atoms with Crippen LogP contribution in [0.15, 0.2) is 190 Å². The highest BCUT2D eigenvalue weighted by Gasteiger charge is 2.16. The number of methoxy groups -OCH3 is 6. The number of nitrogens with one attached hydrogen (secondary N) is 4. The van der Waals surface area contributed by atoms with Gasteiger partial charge in [-0.2, -0.15) is 0 Å². The van der Waals surface area contributed by atoms with Crippen molar-refractivity contribution in [2.45, 2.75) is 59.6 Å². The highest BCUT2D eigenvalue weighted by molar-refractivity contribution is 7.98. The van der Waals surface area contributed by atoms with Gasteiger partial charge in [0.15, 0.2) is 23.0 Å². The van der Waals surface area contributed by atoms with Crippen LogP contribution in [0.25, 0.3) is 43.6 Å². The fraction of sp³-hybridized carbons (Fsp3) is 0.171. The van der Waals surface area contributed by atoms with Crippen LogP contribution < -0.4 is 70.2 Å². The third-order valence-corrected chi connectivity index (χ3v) is 19.3. The standard InChI is InChI=1S/C18H20N4O4S.C18H20N4O3S.C17H18N4O3S.C17H18N4O2S/c1-11-21-15-9-17(26-3)16(25-2)8-14(15)18(22-11)20-10-12-4-6-13(7-5-12)27(19,23)24;1-24-16-8-14-15(9-17(16)25-2)21-11-22-18(14)20-10-12-4-6-13(7-5-12)26(3,19)23;1-11-20-16-9-13(24-2)5-8-15(16)17(21-11)19-10-12-3-6-14(7-4-12)25(18,22)23;1-23-13-5-8-15-16(9-13)20-11-21-17(15)19-10-12-3-6-14(7-4-12)24(2,18)22/h4-9H,10H2,1-3H3,(H2,19,23,24)(H,20,21,22);4-9,11H,3,10H2,1-2H3,(H2,19,23)(H,20,21,22);3-9H,10H2,1-2H3,(H2,18,22,23)(H,19,20,21);3-9,11H,2,10H2,1H3,(H2,18,22)(H,19,20,21). The summed E-state index contributed by atoms with van der Waals surface area (Å²) >= 11 is 0. The Morgan fingerprint density at radius 1 is 0.333 bits per heavy atom. The molecule has 28 nitrogen and oxygen atoms in total. The van der Waals surface area contributed by atoms with Crippen LogP contribution in [0.4, 0.5) is 23.3 Å². The van der Waals surface area contributed by atoms with Crippen LogP contribution in [0.3, 0.4) is 0 Å². The van der Waals surface area contributed by atoms with Gasteiger partial charge in [0, 0.05) is 81.8 Å². The van der Waals surface area contributed by atoms with Crippen molar-refractivity contribution in [2.24, 2.45) is 20.6 Å². The van der Waals surface area contributed by atoms with Gasteiger partial charge in [-0.05, 0) is 133 Å². The van der Waals surface area contributed by atoms with Crippen molar-refractivity contribution in [3.8, 4) is 34.5 Å². The van der Waals surface area contributed by atoms with Gasteiger partial charge in [-0.3, -0.25) is 10.3 Å². The van der Waals surface area contributed by atoms with E-state index >= 15 is 0 Å². The van der Waals surface area contributed by atoms with Crippen molar-refractivity contribution >= 4 is 118 Å². The normalized spacial score (nSPS) is 12.4. The summed E-state index contributed by atoms with van der Waals surface area (Å²) in [5.74, 6) is 14.9. The van der Waals surface area contributed by atoms with Crippen molar-refractivity contribution in [3.05, 3.63) is 204 Å². The summed E-state index contributed by atoms with van der Waals surface area (Å²) in [6.45, 7) is 5.67. The zero-order chi connectivity index (χ0) is 73.5. The van der Waals surface area contributed by atoms with E-state index in [-0.39, 0.29) is 9.79 Å². The van der Waals surface area contributed by atoms with E-state index in [2.05, 4.69) is 72.9 Å². The summed E-state index contributed by atoms with van der Waals surface area (Å²) in [5, 5.41) is 37.8. The molecular weight excluding hydrogens is 1390 g/mol. The van der Waals surface area contributed by atoms with Crippen LogP contribution in [0.2, 0.25) is 0 Å². The Bertz CT molecular complexity index is 5460. The predicted octanol–water partition coefficient (Wildman–Crippen LogP) is 8.83. The van der Waals surface area contributed by atoms with Crippen molar-refractivity contribution < 1.29 is 53.7 Å². The molecule has 0 amide bonds. The predicted molar refractivity (Wildman–Crippen MR) is 400 cm³/mol. The molecule has 4 aromatic heterocycles. The highest BCUT2D eigenvalue weighted by atomic mass is 32.2. The lowest BCUT2D eigenvalue weighted by molar-refractivity contribution is 0.356. The van der Waals surface area contributed by atoms with Gasteiger partial charge in [-0.1, -0.05) is 48.5 Å². The van der Waals surface area contributed by atoms with Crippen LogP contribution in [-0.2, 0) is 65.6 Å². The lowest BCUT2D eigenvalue weighted by Gasteiger charge is -2.13. The zero-order valence-electron chi connectivity index (χ0n) is 56.8. The maximum absolute atomic E-state index is 11.8. The number of ether oxygens (including phenoxy) is 6. The summed E-state index contributed by atoms with van der Waals surface area (Å²) in [5.41, 5.74) is 6.87. The Labute approximate surface area is 591 Å². The molecule has 0 aliphatic heterocycles. The fourth-order valence-electron chi connectivity index (χ4n) is 10.0. The van der Waals surface area contributed by atoms with Gasteiger partial charge in [-0.15, -0.1) is 0 Å².